The summed E-state index contributed by atoms with van der Waals surface area (Å²) in [5.41, 5.74) is 2.94. The number of carbonyl (C=O) groups excluding carboxylic acids is 1. The van der Waals surface area contributed by atoms with Crippen LogP contribution < -0.4 is 15.1 Å². The van der Waals surface area contributed by atoms with Gasteiger partial charge in [-0.05, 0) is 55.5 Å². The second-order valence-electron chi connectivity index (χ2n) is 10.4. The third-order valence-corrected chi connectivity index (χ3v) is 8.13. The lowest BCUT2D eigenvalue weighted by atomic mass is 9.96. The maximum Gasteiger partial charge on any atom is 0.223 e. The molecule has 36 heavy (non-hydrogen) atoms. The second-order valence-corrected chi connectivity index (χ2v) is 10.4. The Morgan fingerprint density at radius 3 is 2.19 bits per heavy atom. The highest BCUT2D eigenvalue weighted by molar-refractivity contribution is 5.78. The molecule has 3 aliphatic heterocycles. The Morgan fingerprint density at radius 2 is 1.53 bits per heavy atom. The first-order valence-electron chi connectivity index (χ1n) is 13.8. The number of anilines is 2. The second kappa shape index (κ2) is 12.0. The van der Waals surface area contributed by atoms with E-state index in [0.29, 0.717) is 0 Å². The summed E-state index contributed by atoms with van der Waals surface area (Å²) < 4.78 is 0. The molecule has 1 N–H and O–H groups in total. The molecule has 0 saturated carbocycles. The van der Waals surface area contributed by atoms with Crippen molar-refractivity contribution in [2.24, 2.45) is 5.92 Å². The van der Waals surface area contributed by atoms with Gasteiger partial charge in [0, 0.05) is 71.4 Å². The maximum atomic E-state index is 12.7. The number of carbonyl (C=O) groups is 1. The number of likely N-dealkylation sites (N-methyl/N-ethyl adjacent to an activating group) is 1. The van der Waals surface area contributed by atoms with Crippen molar-refractivity contribution in [3.8, 4) is 0 Å². The molecule has 0 bridgehead atoms. The van der Waals surface area contributed by atoms with Gasteiger partial charge in [-0.1, -0.05) is 31.2 Å². The molecule has 0 atom stereocenters. The number of nitrogens with one attached hydrogen (secondary N) is 1. The Morgan fingerprint density at radius 1 is 0.861 bits per heavy atom. The lowest BCUT2D eigenvalue weighted by molar-refractivity contribution is -0.125. The van der Waals surface area contributed by atoms with E-state index in [2.05, 4.69) is 78.4 Å². The number of benzene rings is 1. The fourth-order valence-electron chi connectivity index (χ4n) is 5.72. The third kappa shape index (κ3) is 6.16. The Kier molecular flexibility index (Phi) is 8.33. The van der Waals surface area contributed by atoms with Gasteiger partial charge in [0.05, 0.1) is 0 Å². The van der Waals surface area contributed by atoms with Crippen LogP contribution in [0.2, 0.25) is 0 Å². The lowest BCUT2D eigenvalue weighted by Crippen LogP contribution is -2.46. The SMILES string of the molecule is CCN1CCN(c2ccc(N3CCC(C(=O)NCCCN4CCc5ccccc5C4)CC3)nn2)CC1. The van der Waals surface area contributed by atoms with Crippen molar-refractivity contribution in [3.63, 3.8) is 0 Å². The summed E-state index contributed by atoms with van der Waals surface area (Å²) in [5, 5.41) is 12.2. The van der Waals surface area contributed by atoms with Crippen LogP contribution in [0.3, 0.4) is 0 Å². The molecule has 2 aromatic rings. The van der Waals surface area contributed by atoms with Crippen molar-refractivity contribution < 1.29 is 4.79 Å². The summed E-state index contributed by atoms with van der Waals surface area (Å²) in [4.78, 5) is 22.3. The quantitative estimate of drug-likeness (QED) is 0.569. The zero-order chi connectivity index (χ0) is 24.7. The zero-order valence-electron chi connectivity index (χ0n) is 21.7. The van der Waals surface area contributed by atoms with Crippen LogP contribution in [0.1, 0.15) is 37.3 Å². The summed E-state index contributed by atoms with van der Waals surface area (Å²) >= 11 is 0. The van der Waals surface area contributed by atoms with Crippen LogP contribution in [0.15, 0.2) is 36.4 Å². The molecule has 1 aromatic heterocycles. The highest BCUT2D eigenvalue weighted by Crippen LogP contribution is 2.23. The average molecular weight is 492 g/mol. The molecule has 1 aromatic carbocycles. The van der Waals surface area contributed by atoms with Gasteiger partial charge in [0.25, 0.3) is 0 Å². The van der Waals surface area contributed by atoms with E-state index >= 15 is 0 Å². The van der Waals surface area contributed by atoms with Gasteiger partial charge in [0.15, 0.2) is 11.6 Å². The molecule has 0 spiro atoms. The molecule has 5 rings (SSSR count). The standard InChI is InChI=1S/C28H41N7O/c1-2-32-18-20-35(21-19-32)27-9-8-26(30-31-27)34-16-11-24(12-17-34)28(36)29-13-5-14-33-15-10-23-6-3-4-7-25(23)22-33/h3-4,6-9,24H,2,5,10-22H2,1H3,(H,29,36). The highest BCUT2D eigenvalue weighted by Gasteiger charge is 2.26. The number of rotatable bonds is 8. The minimum atomic E-state index is 0.102. The van der Waals surface area contributed by atoms with E-state index in [0.717, 1.165) is 109 Å². The number of amides is 1. The van der Waals surface area contributed by atoms with E-state index in [4.69, 9.17) is 0 Å². The summed E-state index contributed by atoms with van der Waals surface area (Å²) in [6.45, 7) is 13.2. The normalized spacial score (nSPS) is 19.8. The Hall–Kier alpha value is -2.71. The Labute approximate surface area is 215 Å². The summed E-state index contributed by atoms with van der Waals surface area (Å²) in [6, 6.07) is 12.9. The number of nitrogens with zero attached hydrogens (tertiary/aromatic N) is 6. The van der Waals surface area contributed by atoms with Gasteiger partial charge in [0.1, 0.15) is 0 Å². The minimum absolute atomic E-state index is 0.102. The number of piperidine rings is 1. The molecular formula is C28H41N7O. The van der Waals surface area contributed by atoms with Crippen LogP contribution in [0.4, 0.5) is 11.6 Å². The van der Waals surface area contributed by atoms with Crippen molar-refractivity contribution in [1.82, 2.24) is 25.3 Å². The van der Waals surface area contributed by atoms with Crippen molar-refractivity contribution in [1.29, 1.82) is 0 Å². The van der Waals surface area contributed by atoms with E-state index in [-0.39, 0.29) is 11.8 Å². The van der Waals surface area contributed by atoms with Crippen molar-refractivity contribution in [2.75, 3.05) is 75.2 Å². The first-order valence-corrected chi connectivity index (χ1v) is 13.8. The van der Waals surface area contributed by atoms with Crippen LogP contribution in [-0.4, -0.2) is 91.4 Å². The molecule has 8 nitrogen and oxygen atoms in total. The number of fused-ring (bicyclic) bond motifs is 1. The zero-order valence-corrected chi connectivity index (χ0v) is 21.7. The lowest BCUT2D eigenvalue weighted by Gasteiger charge is -2.35. The third-order valence-electron chi connectivity index (χ3n) is 8.13. The molecular weight excluding hydrogens is 450 g/mol. The molecule has 0 aliphatic carbocycles. The summed E-state index contributed by atoms with van der Waals surface area (Å²) in [5.74, 6) is 2.21. The molecule has 2 saturated heterocycles. The van der Waals surface area contributed by atoms with E-state index in [1.54, 1.807) is 0 Å². The van der Waals surface area contributed by atoms with Gasteiger partial charge in [-0.25, -0.2) is 0 Å². The van der Waals surface area contributed by atoms with Gasteiger partial charge in [-0.15, -0.1) is 10.2 Å². The van der Waals surface area contributed by atoms with E-state index in [1.807, 2.05) is 0 Å². The van der Waals surface area contributed by atoms with Crippen LogP contribution in [0.5, 0.6) is 0 Å². The van der Waals surface area contributed by atoms with Gasteiger partial charge in [0.2, 0.25) is 5.91 Å². The predicted molar refractivity (Wildman–Crippen MR) is 144 cm³/mol. The van der Waals surface area contributed by atoms with Crippen molar-refractivity contribution in [3.05, 3.63) is 47.5 Å². The summed E-state index contributed by atoms with van der Waals surface area (Å²) in [6.07, 6.45) is 3.88. The minimum Gasteiger partial charge on any atom is -0.356 e. The van der Waals surface area contributed by atoms with Crippen molar-refractivity contribution in [2.45, 2.75) is 39.2 Å². The summed E-state index contributed by atoms with van der Waals surface area (Å²) in [7, 11) is 0. The van der Waals surface area contributed by atoms with Gasteiger partial charge < -0.3 is 20.0 Å². The number of aromatic nitrogens is 2. The monoisotopic (exact) mass is 491 g/mol. The fourth-order valence-corrected chi connectivity index (χ4v) is 5.72. The fraction of sp³-hybridized carbons (Fsp3) is 0.607. The number of hydrogen-bond donors (Lipinski definition) is 1. The number of piperazine rings is 1. The Bertz CT molecular complexity index is 982. The first kappa shape index (κ1) is 25.0. The smallest absolute Gasteiger partial charge is 0.223 e. The molecule has 0 radical (unpaired) electrons. The Balaban J connectivity index is 0.997. The predicted octanol–water partition coefficient (Wildman–Crippen LogP) is 2.40. The molecule has 1 amide bonds. The van der Waals surface area contributed by atoms with E-state index in [9.17, 15) is 4.79 Å². The maximum absolute atomic E-state index is 12.7. The topological polar surface area (TPSA) is 67.8 Å². The molecule has 8 heteroatoms. The van der Waals surface area contributed by atoms with E-state index < -0.39 is 0 Å². The van der Waals surface area contributed by atoms with Gasteiger partial charge in [-0.2, -0.15) is 0 Å². The highest BCUT2D eigenvalue weighted by atomic mass is 16.1. The van der Waals surface area contributed by atoms with E-state index in [1.165, 1.54) is 11.1 Å². The van der Waals surface area contributed by atoms with Crippen LogP contribution in [0.25, 0.3) is 0 Å². The first-order chi connectivity index (χ1) is 17.7. The molecule has 0 unspecified atom stereocenters. The molecule has 3 aliphatic rings. The van der Waals surface area contributed by atoms with Gasteiger partial charge >= 0.3 is 0 Å². The van der Waals surface area contributed by atoms with Gasteiger partial charge in [-0.3, -0.25) is 9.69 Å². The van der Waals surface area contributed by atoms with Crippen LogP contribution in [-0.2, 0) is 17.8 Å². The van der Waals surface area contributed by atoms with Crippen molar-refractivity contribution >= 4 is 17.5 Å². The molecule has 194 valence electrons. The number of hydrogen-bond acceptors (Lipinski definition) is 7. The van der Waals surface area contributed by atoms with Crippen LogP contribution in [0, 0.1) is 5.92 Å². The molecule has 2 fully saturated rings. The molecule has 4 heterocycles. The van der Waals surface area contributed by atoms with Crippen LogP contribution >= 0.6 is 0 Å². The largest absolute Gasteiger partial charge is 0.356 e. The average Bonchev–Trinajstić information content (AvgIpc) is 2.95.